The molecule has 1 aliphatic carbocycles. The summed E-state index contributed by atoms with van der Waals surface area (Å²) in [5.41, 5.74) is 5.13. The maximum Gasteiger partial charge on any atom is 0.254 e. The molecule has 3 amide bonds. The summed E-state index contributed by atoms with van der Waals surface area (Å²) in [5, 5.41) is 8.32. The van der Waals surface area contributed by atoms with Crippen molar-refractivity contribution < 1.29 is 14.4 Å². The van der Waals surface area contributed by atoms with E-state index in [0.717, 1.165) is 64.4 Å². The van der Waals surface area contributed by atoms with Crippen molar-refractivity contribution in [3.8, 4) is 0 Å². The van der Waals surface area contributed by atoms with Crippen molar-refractivity contribution in [3.63, 3.8) is 0 Å². The Balaban J connectivity index is 0.979. The van der Waals surface area contributed by atoms with Gasteiger partial charge in [0.2, 0.25) is 5.91 Å². The van der Waals surface area contributed by atoms with Gasteiger partial charge in [-0.3, -0.25) is 19.4 Å². The van der Waals surface area contributed by atoms with E-state index in [9.17, 15) is 14.4 Å². The highest BCUT2D eigenvalue weighted by Gasteiger charge is 2.46. The van der Waals surface area contributed by atoms with Crippen LogP contribution in [0.25, 0.3) is 21.9 Å². The van der Waals surface area contributed by atoms with Crippen LogP contribution in [0.5, 0.6) is 0 Å². The summed E-state index contributed by atoms with van der Waals surface area (Å²) in [6.07, 6.45) is 7.20. The lowest BCUT2D eigenvalue weighted by Gasteiger charge is -2.23. The Kier molecular flexibility index (Phi) is 7.31. The van der Waals surface area contributed by atoms with Crippen LogP contribution in [-0.4, -0.2) is 43.2 Å². The second-order valence-corrected chi connectivity index (χ2v) is 12.3. The molecule has 0 bridgehead atoms. The molecule has 1 fully saturated rings. The van der Waals surface area contributed by atoms with Crippen molar-refractivity contribution in [2.45, 2.75) is 70.7 Å². The number of nitrogens with zero attached hydrogens (tertiary/aromatic N) is 4. The number of hydrogen-bond acceptors (Lipinski definition) is 5. The van der Waals surface area contributed by atoms with Crippen molar-refractivity contribution in [3.05, 3.63) is 107 Å². The minimum absolute atomic E-state index is 0.0375. The molecule has 7 rings (SSSR count). The summed E-state index contributed by atoms with van der Waals surface area (Å²) in [6, 6.07) is 21.4. The quantitative estimate of drug-likeness (QED) is 0.221. The molecule has 3 aromatic heterocycles. The van der Waals surface area contributed by atoms with Gasteiger partial charge in [-0.15, -0.1) is 0 Å². The van der Waals surface area contributed by atoms with Gasteiger partial charge in [0.15, 0.2) is 0 Å². The molecule has 2 aliphatic rings. The van der Waals surface area contributed by atoms with Crippen LogP contribution in [0.1, 0.15) is 77.1 Å². The molecule has 228 valence electrons. The Bertz CT molecular complexity index is 1890. The van der Waals surface area contributed by atoms with Gasteiger partial charge < -0.3 is 20.1 Å². The van der Waals surface area contributed by atoms with E-state index in [1.165, 1.54) is 0 Å². The van der Waals surface area contributed by atoms with Crippen LogP contribution in [0.3, 0.4) is 0 Å². The molecule has 0 radical (unpaired) electrons. The maximum atomic E-state index is 13.3. The molecule has 0 spiro atoms. The van der Waals surface area contributed by atoms with Gasteiger partial charge in [-0.1, -0.05) is 37.6 Å². The average molecular weight is 601 g/mol. The van der Waals surface area contributed by atoms with E-state index in [1.807, 2.05) is 58.0 Å². The fourth-order valence-corrected chi connectivity index (χ4v) is 6.59. The molecule has 9 nitrogen and oxygen atoms in total. The summed E-state index contributed by atoms with van der Waals surface area (Å²) >= 11 is 0. The highest BCUT2D eigenvalue weighted by molar-refractivity contribution is 6.07. The molecule has 9 heteroatoms. The molecule has 4 heterocycles. The number of aromatic nitrogens is 3. The fourth-order valence-electron chi connectivity index (χ4n) is 6.59. The van der Waals surface area contributed by atoms with Crippen LogP contribution in [0.2, 0.25) is 0 Å². The third-order valence-corrected chi connectivity index (χ3v) is 9.20. The van der Waals surface area contributed by atoms with Gasteiger partial charge >= 0.3 is 0 Å². The SMILES string of the molecule is CCCC(C)N1Cc2cc(C(=O)NCc3ccc(C4(NC(=O)Cn5c6ccccc6c6cccnc65)CC4)cn3)ccc2C1=O. The van der Waals surface area contributed by atoms with E-state index in [2.05, 4.69) is 40.5 Å². The highest BCUT2D eigenvalue weighted by atomic mass is 16.2. The summed E-state index contributed by atoms with van der Waals surface area (Å²) < 4.78 is 1.97. The average Bonchev–Trinajstić information content (AvgIpc) is 3.67. The number of pyridine rings is 2. The van der Waals surface area contributed by atoms with Crippen molar-refractivity contribution in [1.29, 1.82) is 0 Å². The van der Waals surface area contributed by atoms with Gasteiger partial charge in [0, 0.05) is 46.9 Å². The van der Waals surface area contributed by atoms with E-state index >= 15 is 0 Å². The Morgan fingerprint density at radius 1 is 1.00 bits per heavy atom. The lowest BCUT2D eigenvalue weighted by atomic mass is 10.1. The number of hydrogen-bond donors (Lipinski definition) is 2. The Hall–Kier alpha value is -5.05. The lowest BCUT2D eigenvalue weighted by molar-refractivity contribution is -0.122. The summed E-state index contributed by atoms with van der Waals surface area (Å²) in [7, 11) is 0. The fraction of sp³-hybridized carbons (Fsp3) is 0.306. The zero-order chi connectivity index (χ0) is 31.1. The van der Waals surface area contributed by atoms with Gasteiger partial charge in [-0.25, -0.2) is 4.98 Å². The number of rotatable bonds is 10. The van der Waals surface area contributed by atoms with E-state index in [4.69, 9.17) is 0 Å². The minimum atomic E-state index is -0.428. The Labute approximate surface area is 261 Å². The zero-order valence-electron chi connectivity index (χ0n) is 25.5. The van der Waals surface area contributed by atoms with Crippen molar-refractivity contribution in [2.75, 3.05) is 0 Å². The predicted octanol–water partition coefficient (Wildman–Crippen LogP) is 5.46. The molecule has 0 saturated heterocycles. The molecular formula is C36H36N6O3. The summed E-state index contributed by atoms with van der Waals surface area (Å²) in [6.45, 7) is 5.17. The van der Waals surface area contributed by atoms with E-state index in [1.54, 1.807) is 24.5 Å². The van der Waals surface area contributed by atoms with E-state index < -0.39 is 5.54 Å². The third-order valence-electron chi connectivity index (χ3n) is 9.20. The molecule has 1 saturated carbocycles. The molecule has 2 aromatic carbocycles. The first-order valence-electron chi connectivity index (χ1n) is 15.7. The molecule has 2 N–H and O–H groups in total. The van der Waals surface area contributed by atoms with Gasteiger partial charge in [0.05, 0.1) is 23.3 Å². The largest absolute Gasteiger partial charge is 0.346 e. The first-order valence-corrected chi connectivity index (χ1v) is 15.7. The number of para-hydroxylation sites is 1. The second-order valence-electron chi connectivity index (χ2n) is 12.3. The highest BCUT2D eigenvalue weighted by Crippen LogP contribution is 2.45. The standard InChI is InChI=1S/C36H36N6O3/c1-3-7-23(2)41-21-25-18-24(11-14-28(25)35(41)45)34(44)39-20-27-13-12-26(19-38-27)36(15-16-36)40-32(43)22-42-31-10-5-4-8-29(31)30-9-6-17-37-33(30)42/h4-6,8-14,17-19,23H,3,7,15-16,20-22H2,1-2H3,(H,39,44)(H,40,43). The molecule has 1 aliphatic heterocycles. The monoisotopic (exact) mass is 600 g/mol. The first-order chi connectivity index (χ1) is 21.9. The zero-order valence-corrected chi connectivity index (χ0v) is 25.5. The third kappa shape index (κ3) is 5.32. The number of nitrogens with one attached hydrogen (secondary N) is 2. The van der Waals surface area contributed by atoms with Crippen LogP contribution < -0.4 is 10.6 Å². The Morgan fingerprint density at radius 2 is 1.82 bits per heavy atom. The van der Waals surface area contributed by atoms with Crippen LogP contribution >= 0.6 is 0 Å². The van der Waals surface area contributed by atoms with Crippen LogP contribution in [0.15, 0.2) is 79.1 Å². The number of carbonyl (C=O) groups excluding carboxylic acids is 3. The van der Waals surface area contributed by atoms with Crippen molar-refractivity contribution in [1.82, 2.24) is 30.1 Å². The van der Waals surface area contributed by atoms with Crippen LogP contribution in [0, 0.1) is 0 Å². The van der Waals surface area contributed by atoms with Gasteiger partial charge in [-0.2, -0.15) is 0 Å². The van der Waals surface area contributed by atoms with Crippen LogP contribution in [0.4, 0.5) is 0 Å². The number of benzene rings is 2. The molecule has 1 atom stereocenters. The van der Waals surface area contributed by atoms with Crippen molar-refractivity contribution in [2.24, 2.45) is 0 Å². The predicted molar refractivity (Wildman–Crippen MR) is 172 cm³/mol. The lowest BCUT2D eigenvalue weighted by Crippen LogP contribution is -2.37. The first kappa shape index (κ1) is 28.7. The second kappa shape index (κ2) is 11.5. The van der Waals surface area contributed by atoms with Gasteiger partial charge in [0.25, 0.3) is 11.8 Å². The maximum absolute atomic E-state index is 13.3. The van der Waals surface area contributed by atoms with Crippen LogP contribution in [-0.2, 0) is 30.0 Å². The molecule has 45 heavy (non-hydrogen) atoms. The number of carbonyl (C=O) groups is 3. The van der Waals surface area contributed by atoms with Gasteiger partial charge in [0.1, 0.15) is 12.2 Å². The number of amides is 3. The molecule has 1 unspecified atom stereocenters. The normalized spacial score (nSPS) is 15.7. The van der Waals surface area contributed by atoms with E-state index in [0.29, 0.717) is 17.7 Å². The Morgan fingerprint density at radius 3 is 2.60 bits per heavy atom. The summed E-state index contributed by atoms with van der Waals surface area (Å²) in [4.78, 5) is 50.2. The molecular weight excluding hydrogens is 564 g/mol. The topological polar surface area (TPSA) is 109 Å². The smallest absolute Gasteiger partial charge is 0.254 e. The number of fused-ring (bicyclic) bond motifs is 4. The minimum Gasteiger partial charge on any atom is -0.346 e. The molecule has 5 aromatic rings. The van der Waals surface area contributed by atoms with E-state index in [-0.39, 0.29) is 36.9 Å². The van der Waals surface area contributed by atoms with Crippen molar-refractivity contribution >= 4 is 39.7 Å². The van der Waals surface area contributed by atoms with Gasteiger partial charge in [-0.05, 0) is 79.8 Å². The summed E-state index contributed by atoms with van der Waals surface area (Å²) in [5.74, 6) is -0.242.